The van der Waals surface area contributed by atoms with Gasteiger partial charge in [0.2, 0.25) is 5.91 Å². The molecule has 0 bridgehead atoms. The van der Waals surface area contributed by atoms with Gasteiger partial charge in [-0.05, 0) is 46.5 Å². The summed E-state index contributed by atoms with van der Waals surface area (Å²) >= 11 is 3.41. The van der Waals surface area contributed by atoms with Crippen LogP contribution in [0.4, 0.5) is 5.69 Å². The lowest BCUT2D eigenvalue weighted by Gasteiger charge is -2.16. The summed E-state index contributed by atoms with van der Waals surface area (Å²) in [7, 11) is 0. The van der Waals surface area contributed by atoms with Crippen molar-refractivity contribution in [3.8, 4) is 0 Å². The van der Waals surface area contributed by atoms with Crippen molar-refractivity contribution in [1.82, 2.24) is 0 Å². The van der Waals surface area contributed by atoms with Crippen molar-refractivity contribution >= 4 is 27.5 Å². The number of amides is 1. The van der Waals surface area contributed by atoms with Crippen LogP contribution < -0.4 is 11.1 Å². The van der Waals surface area contributed by atoms with Gasteiger partial charge in [0.1, 0.15) is 0 Å². The molecule has 88 valence electrons. The van der Waals surface area contributed by atoms with Crippen molar-refractivity contribution in [2.24, 2.45) is 11.7 Å². The van der Waals surface area contributed by atoms with Crippen LogP contribution in [0.25, 0.3) is 0 Å². The van der Waals surface area contributed by atoms with Crippen LogP contribution in [-0.2, 0) is 4.79 Å². The zero-order valence-electron chi connectivity index (χ0n) is 9.75. The van der Waals surface area contributed by atoms with Gasteiger partial charge in [-0.3, -0.25) is 4.79 Å². The fraction of sp³-hybridized carbons (Fsp3) is 0.417. The number of benzene rings is 1. The number of carbonyl (C=O) groups is 1. The summed E-state index contributed by atoms with van der Waals surface area (Å²) in [4.78, 5) is 11.7. The summed E-state index contributed by atoms with van der Waals surface area (Å²) in [6.07, 6.45) is 0. The lowest BCUT2D eigenvalue weighted by atomic mass is 10.0. The SMILES string of the molecule is Cc1ccc(NC(=O)[C@H](N)C(C)C)c(Br)c1. The smallest absolute Gasteiger partial charge is 0.241 e. The van der Waals surface area contributed by atoms with E-state index in [-0.39, 0.29) is 11.8 Å². The summed E-state index contributed by atoms with van der Waals surface area (Å²) in [6.45, 7) is 5.85. The minimum atomic E-state index is -0.479. The van der Waals surface area contributed by atoms with Crippen molar-refractivity contribution in [2.45, 2.75) is 26.8 Å². The van der Waals surface area contributed by atoms with Gasteiger partial charge in [-0.15, -0.1) is 0 Å². The molecule has 1 aromatic rings. The average Bonchev–Trinajstić information content (AvgIpc) is 2.20. The van der Waals surface area contributed by atoms with Crippen molar-refractivity contribution in [3.63, 3.8) is 0 Å². The van der Waals surface area contributed by atoms with Gasteiger partial charge in [0.05, 0.1) is 11.7 Å². The largest absolute Gasteiger partial charge is 0.324 e. The maximum absolute atomic E-state index is 11.7. The second kappa shape index (κ2) is 5.46. The monoisotopic (exact) mass is 284 g/mol. The minimum Gasteiger partial charge on any atom is -0.324 e. The van der Waals surface area contributed by atoms with E-state index in [9.17, 15) is 4.79 Å². The van der Waals surface area contributed by atoms with Gasteiger partial charge in [0.15, 0.2) is 0 Å². The highest BCUT2D eigenvalue weighted by atomic mass is 79.9. The Balaban J connectivity index is 2.77. The molecule has 0 aliphatic carbocycles. The van der Waals surface area contributed by atoms with Crippen LogP contribution in [0.15, 0.2) is 22.7 Å². The van der Waals surface area contributed by atoms with E-state index in [0.717, 1.165) is 15.7 Å². The Kier molecular flexibility index (Phi) is 4.50. The van der Waals surface area contributed by atoms with E-state index in [1.54, 1.807) is 0 Å². The molecule has 0 unspecified atom stereocenters. The van der Waals surface area contributed by atoms with Crippen molar-refractivity contribution in [1.29, 1.82) is 0 Å². The first-order valence-electron chi connectivity index (χ1n) is 5.24. The fourth-order valence-corrected chi connectivity index (χ4v) is 1.83. The third-order valence-electron chi connectivity index (χ3n) is 2.40. The zero-order valence-corrected chi connectivity index (χ0v) is 11.3. The lowest BCUT2D eigenvalue weighted by molar-refractivity contribution is -0.118. The van der Waals surface area contributed by atoms with E-state index in [2.05, 4.69) is 21.2 Å². The molecular formula is C12H17BrN2O. The number of carbonyl (C=O) groups excluding carboxylic acids is 1. The summed E-state index contributed by atoms with van der Waals surface area (Å²) in [5, 5.41) is 2.81. The van der Waals surface area contributed by atoms with E-state index < -0.39 is 6.04 Å². The number of nitrogens with two attached hydrogens (primary N) is 1. The first-order valence-corrected chi connectivity index (χ1v) is 6.03. The topological polar surface area (TPSA) is 55.1 Å². The number of aryl methyl sites for hydroxylation is 1. The van der Waals surface area contributed by atoms with Crippen LogP contribution in [0.3, 0.4) is 0 Å². The van der Waals surface area contributed by atoms with E-state index >= 15 is 0 Å². The van der Waals surface area contributed by atoms with Gasteiger partial charge in [-0.1, -0.05) is 19.9 Å². The molecule has 0 aromatic heterocycles. The van der Waals surface area contributed by atoms with Crippen LogP contribution in [0.1, 0.15) is 19.4 Å². The van der Waals surface area contributed by atoms with Crippen LogP contribution in [0.5, 0.6) is 0 Å². The Labute approximate surface area is 105 Å². The first kappa shape index (κ1) is 13.2. The standard InChI is InChI=1S/C12H17BrN2O/c1-7(2)11(14)12(16)15-10-5-4-8(3)6-9(10)13/h4-7,11H,14H2,1-3H3,(H,15,16)/t11-/m1/s1. The Morgan fingerprint density at radius 2 is 2.06 bits per heavy atom. The highest BCUT2D eigenvalue weighted by molar-refractivity contribution is 9.10. The number of hydrogen-bond donors (Lipinski definition) is 2. The number of rotatable bonds is 3. The number of anilines is 1. The predicted octanol–water partition coefficient (Wildman–Crippen LogP) is 2.68. The van der Waals surface area contributed by atoms with E-state index in [1.807, 2.05) is 39.0 Å². The molecule has 3 nitrogen and oxygen atoms in total. The maximum Gasteiger partial charge on any atom is 0.241 e. The quantitative estimate of drug-likeness (QED) is 0.897. The molecule has 0 radical (unpaired) electrons. The molecule has 1 amide bonds. The van der Waals surface area contributed by atoms with E-state index in [4.69, 9.17) is 5.73 Å². The third-order valence-corrected chi connectivity index (χ3v) is 3.06. The van der Waals surface area contributed by atoms with Gasteiger partial charge in [0, 0.05) is 4.47 Å². The van der Waals surface area contributed by atoms with Crippen LogP contribution in [-0.4, -0.2) is 11.9 Å². The molecule has 0 spiro atoms. The molecule has 1 aromatic carbocycles. The molecule has 0 fully saturated rings. The molecular weight excluding hydrogens is 268 g/mol. The summed E-state index contributed by atoms with van der Waals surface area (Å²) in [6, 6.07) is 5.29. The van der Waals surface area contributed by atoms with Gasteiger partial charge in [-0.2, -0.15) is 0 Å². The molecule has 4 heteroatoms. The number of hydrogen-bond acceptors (Lipinski definition) is 2. The molecule has 1 rings (SSSR count). The number of halogens is 1. The molecule has 0 aliphatic heterocycles. The maximum atomic E-state index is 11.7. The second-order valence-corrected chi connectivity index (χ2v) is 5.10. The van der Waals surface area contributed by atoms with Crippen molar-refractivity contribution in [3.05, 3.63) is 28.2 Å². The summed E-state index contributed by atoms with van der Waals surface area (Å²) < 4.78 is 0.872. The first-order chi connectivity index (χ1) is 7.41. The molecule has 16 heavy (non-hydrogen) atoms. The third kappa shape index (κ3) is 3.32. The molecule has 0 saturated heterocycles. The van der Waals surface area contributed by atoms with Gasteiger partial charge >= 0.3 is 0 Å². The Hall–Kier alpha value is -0.870. The minimum absolute atomic E-state index is 0.129. The fourth-order valence-electron chi connectivity index (χ4n) is 1.24. The van der Waals surface area contributed by atoms with E-state index in [1.165, 1.54) is 0 Å². The normalized spacial score (nSPS) is 12.6. The van der Waals surface area contributed by atoms with Gasteiger partial charge in [-0.25, -0.2) is 0 Å². The molecule has 3 N–H and O–H groups in total. The van der Waals surface area contributed by atoms with Crippen LogP contribution >= 0.6 is 15.9 Å². The lowest BCUT2D eigenvalue weighted by Crippen LogP contribution is -2.39. The van der Waals surface area contributed by atoms with Gasteiger partial charge < -0.3 is 11.1 Å². The predicted molar refractivity (Wildman–Crippen MR) is 70.3 cm³/mol. The van der Waals surface area contributed by atoms with Crippen LogP contribution in [0, 0.1) is 12.8 Å². The molecule has 1 atom stereocenters. The molecule has 0 aliphatic rings. The summed E-state index contributed by atoms with van der Waals surface area (Å²) in [5.74, 6) is -0.0243. The molecule has 0 heterocycles. The second-order valence-electron chi connectivity index (χ2n) is 4.24. The zero-order chi connectivity index (χ0) is 12.3. The number of nitrogens with one attached hydrogen (secondary N) is 1. The Morgan fingerprint density at radius 1 is 1.44 bits per heavy atom. The summed E-state index contributed by atoms with van der Waals surface area (Å²) in [5.41, 5.74) is 7.65. The van der Waals surface area contributed by atoms with Crippen molar-refractivity contribution in [2.75, 3.05) is 5.32 Å². The average molecular weight is 285 g/mol. The molecule has 0 saturated carbocycles. The van der Waals surface area contributed by atoms with Crippen molar-refractivity contribution < 1.29 is 4.79 Å². The Bertz CT molecular complexity index is 391. The van der Waals surface area contributed by atoms with Crippen LogP contribution in [0.2, 0.25) is 0 Å². The Morgan fingerprint density at radius 3 is 2.56 bits per heavy atom. The van der Waals surface area contributed by atoms with E-state index in [0.29, 0.717) is 0 Å². The highest BCUT2D eigenvalue weighted by Gasteiger charge is 2.17. The van der Waals surface area contributed by atoms with Gasteiger partial charge in [0.25, 0.3) is 0 Å². The highest BCUT2D eigenvalue weighted by Crippen LogP contribution is 2.23.